The van der Waals surface area contributed by atoms with Crippen LogP contribution >= 0.6 is 0 Å². The first-order valence-electron chi connectivity index (χ1n) is 7.63. The minimum absolute atomic E-state index is 0.386. The molecule has 0 fully saturated rings. The lowest BCUT2D eigenvalue weighted by molar-refractivity contribution is 0.414. The van der Waals surface area contributed by atoms with Crippen molar-refractivity contribution in [2.45, 2.75) is 38.8 Å². The van der Waals surface area contributed by atoms with Crippen LogP contribution in [0.3, 0.4) is 0 Å². The standard InChI is InChI=1S/C19H25NO/c1-15(20-16(2)18-7-5-4-6-8-18)9-10-17-11-13-19(21-3)14-12-17/h4-8,11-16,20H,9-10H2,1-3H3/t15?,16-/m1/s1. The van der Waals surface area contributed by atoms with E-state index < -0.39 is 0 Å². The lowest BCUT2D eigenvalue weighted by Crippen LogP contribution is -2.29. The smallest absolute Gasteiger partial charge is 0.118 e. The molecule has 0 heterocycles. The molecule has 0 bridgehead atoms. The van der Waals surface area contributed by atoms with E-state index in [1.54, 1.807) is 7.11 Å². The van der Waals surface area contributed by atoms with Gasteiger partial charge in [-0.05, 0) is 49.9 Å². The van der Waals surface area contributed by atoms with Crippen molar-refractivity contribution in [3.8, 4) is 5.75 Å². The third kappa shape index (κ3) is 4.91. The Morgan fingerprint density at radius 2 is 1.62 bits per heavy atom. The highest BCUT2D eigenvalue weighted by Gasteiger charge is 2.09. The zero-order valence-corrected chi connectivity index (χ0v) is 13.2. The van der Waals surface area contributed by atoms with E-state index in [0.717, 1.165) is 18.6 Å². The van der Waals surface area contributed by atoms with Gasteiger partial charge >= 0.3 is 0 Å². The highest BCUT2D eigenvalue weighted by Crippen LogP contribution is 2.15. The van der Waals surface area contributed by atoms with Gasteiger partial charge in [0.05, 0.1) is 7.11 Å². The van der Waals surface area contributed by atoms with Gasteiger partial charge < -0.3 is 10.1 Å². The summed E-state index contributed by atoms with van der Waals surface area (Å²) in [7, 11) is 1.70. The molecule has 2 aromatic rings. The first-order chi connectivity index (χ1) is 10.2. The molecule has 0 aliphatic rings. The quantitative estimate of drug-likeness (QED) is 0.815. The Kier molecular flexibility index (Phi) is 5.82. The molecular weight excluding hydrogens is 258 g/mol. The molecule has 112 valence electrons. The second-order valence-electron chi connectivity index (χ2n) is 5.59. The third-order valence-electron chi connectivity index (χ3n) is 3.86. The summed E-state index contributed by atoms with van der Waals surface area (Å²) < 4.78 is 5.18. The molecule has 0 amide bonds. The van der Waals surface area contributed by atoms with Crippen LogP contribution in [-0.4, -0.2) is 13.2 Å². The third-order valence-corrected chi connectivity index (χ3v) is 3.86. The molecule has 0 saturated heterocycles. The Labute approximate surface area is 128 Å². The van der Waals surface area contributed by atoms with E-state index in [4.69, 9.17) is 4.74 Å². The summed E-state index contributed by atoms with van der Waals surface area (Å²) in [4.78, 5) is 0. The number of hydrogen-bond acceptors (Lipinski definition) is 2. The summed E-state index contributed by atoms with van der Waals surface area (Å²) in [6.07, 6.45) is 2.21. The van der Waals surface area contributed by atoms with Crippen LogP contribution in [0.15, 0.2) is 54.6 Å². The van der Waals surface area contributed by atoms with Crippen molar-refractivity contribution in [2.24, 2.45) is 0 Å². The lowest BCUT2D eigenvalue weighted by atomic mass is 10.0. The summed E-state index contributed by atoms with van der Waals surface area (Å²) in [5.41, 5.74) is 2.70. The molecule has 0 radical (unpaired) electrons. The Bertz CT molecular complexity index is 521. The minimum atomic E-state index is 0.386. The molecule has 0 saturated carbocycles. The van der Waals surface area contributed by atoms with Crippen LogP contribution < -0.4 is 10.1 Å². The van der Waals surface area contributed by atoms with Crippen molar-refractivity contribution in [2.75, 3.05) is 7.11 Å². The molecule has 0 aliphatic heterocycles. The number of aryl methyl sites for hydroxylation is 1. The second-order valence-corrected chi connectivity index (χ2v) is 5.59. The van der Waals surface area contributed by atoms with Gasteiger partial charge in [0.25, 0.3) is 0 Å². The number of benzene rings is 2. The number of nitrogens with one attached hydrogen (secondary N) is 1. The van der Waals surface area contributed by atoms with Gasteiger partial charge in [-0.3, -0.25) is 0 Å². The summed E-state index contributed by atoms with van der Waals surface area (Å²) >= 11 is 0. The van der Waals surface area contributed by atoms with Crippen LogP contribution in [-0.2, 0) is 6.42 Å². The Balaban J connectivity index is 1.80. The van der Waals surface area contributed by atoms with E-state index in [-0.39, 0.29) is 0 Å². The topological polar surface area (TPSA) is 21.3 Å². The Morgan fingerprint density at radius 3 is 2.24 bits per heavy atom. The monoisotopic (exact) mass is 283 g/mol. The van der Waals surface area contributed by atoms with Crippen molar-refractivity contribution >= 4 is 0 Å². The molecule has 21 heavy (non-hydrogen) atoms. The van der Waals surface area contributed by atoms with Gasteiger partial charge in [0.2, 0.25) is 0 Å². The molecule has 2 rings (SSSR count). The molecule has 2 aromatic carbocycles. The molecule has 2 atom stereocenters. The van der Waals surface area contributed by atoms with E-state index >= 15 is 0 Å². The van der Waals surface area contributed by atoms with E-state index in [1.165, 1.54) is 11.1 Å². The van der Waals surface area contributed by atoms with Gasteiger partial charge in [0, 0.05) is 12.1 Å². The van der Waals surface area contributed by atoms with Crippen LogP contribution in [0, 0.1) is 0 Å². The zero-order valence-electron chi connectivity index (χ0n) is 13.2. The fourth-order valence-corrected chi connectivity index (χ4v) is 2.52. The van der Waals surface area contributed by atoms with Gasteiger partial charge in [-0.25, -0.2) is 0 Å². The van der Waals surface area contributed by atoms with Crippen molar-refractivity contribution < 1.29 is 4.74 Å². The number of ether oxygens (including phenoxy) is 1. The molecule has 0 aromatic heterocycles. The van der Waals surface area contributed by atoms with E-state index in [0.29, 0.717) is 12.1 Å². The average molecular weight is 283 g/mol. The van der Waals surface area contributed by atoms with Crippen LogP contribution in [0.5, 0.6) is 5.75 Å². The van der Waals surface area contributed by atoms with Crippen LogP contribution in [0.25, 0.3) is 0 Å². The Hall–Kier alpha value is -1.80. The van der Waals surface area contributed by atoms with Crippen molar-refractivity contribution in [1.82, 2.24) is 5.32 Å². The first-order valence-corrected chi connectivity index (χ1v) is 7.63. The Morgan fingerprint density at radius 1 is 0.952 bits per heavy atom. The molecule has 1 unspecified atom stereocenters. The largest absolute Gasteiger partial charge is 0.497 e. The highest BCUT2D eigenvalue weighted by molar-refractivity contribution is 5.27. The van der Waals surface area contributed by atoms with E-state index in [2.05, 4.69) is 61.6 Å². The molecule has 2 nitrogen and oxygen atoms in total. The van der Waals surface area contributed by atoms with Crippen LogP contribution in [0.4, 0.5) is 0 Å². The maximum atomic E-state index is 5.18. The van der Waals surface area contributed by atoms with Gasteiger partial charge in [-0.1, -0.05) is 42.5 Å². The van der Waals surface area contributed by atoms with Crippen molar-refractivity contribution in [3.05, 3.63) is 65.7 Å². The van der Waals surface area contributed by atoms with Crippen LogP contribution in [0.2, 0.25) is 0 Å². The van der Waals surface area contributed by atoms with Crippen molar-refractivity contribution in [3.63, 3.8) is 0 Å². The van der Waals surface area contributed by atoms with E-state index in [9.17, 15) is 0 Å². The molecule has 0 spiro atoms. The highest BCUT2D eigenvalue weighted by atomic mass is 16.5. The molecule has 2 heteroatoms. The SMILES string of the molecule is COc1ccc(CCC(C)N[C@H](C)c2ccccc2)cc1. The van der Waals surface area contributed by atoms with Crippen molar-refractivity contribution in [1.29, 1.82) is 0 Å². The molecular formula is C19H25NO. The number of methoxy groups -OCH3 is 1. The number of hydrogen-bond donors (Lipinski definition) is 1. The summed E-state index contributed by atoms with van der Waals surface area (Å²) in [6, 6.07) is 19.8. The summed E-state index contributed by atoms with van der Waals surface area (Å²) in [5.74, 6) is 0.919. The first kappa shape index (κ1) is 15.6. The fraction of sp³-hybridized carbons (Fsp3) is 0.368. The van der Waals surface area contributed by atoms with Gasteiger partial charge in [-0.15, -0.1) is 0 Å². The molecule has 1 N–H and O–H groups in total. The fourth-order valence-electron chi connectivity index (χ4n) is 2.52. The zero-order chi connectivity index (χ0) is 15.1. The molecule has 0 aliphatic carbocycles. The van der Waals surface area contributed by atoms with E-state index in [1.807, 2.05) is 12.1 Å². The summed E-state index contributed by atoms with van der Waals surface area (Å²) in [6.45, 7) is 4.47. The van der Waals surface area contributed by atoms with Gasteiger partial charge in [-0.2, -0.15) is 0 Å². The summed E-state index contributed by atoms with van der Waals surface area (Å²) in [5, 5.41) is 3.66. The van der Waals surface area contributed by atoms with Gasteiger partial charge in [0.15, 0.2) is 0 Å². The average Bonchev–Trinajstić information content (AvgIpc) is 2.54. The normalized spacial score (nSPS) is 13.7. The predicted octanol–water partition coefficient (Wildman–Crippen LogP) is 4.37. The maximum Gasteiger partial charge on any atom is 0.118 e. The predicted molar refractivity (Wildman–Crippen MR) is 88.8 cm³/mol. The minimum Gasteiger partial charge on any atom is -0.497 e. The van der Waals surface area contributed by atoms with Gasteiger partial charge in [0.1, 0.15) is 5.75 Å². The maximum absolute atomic E-state index is 5.18. The lowest BCUT2D eigenvalue weighted by Gasteiger charge is -2.20. The number of rotatable bonds is 7. The second kappa shape index (κ2) is 7.84. The van der Waals surface area contributed by atoms with Crippen LogP contribution in [0.1, 0.15) is 37.4 Å².